The van der Waals surface area contributed by atoms with Crippen LogP contribution in [0.4, 0.5) is 0 Å². The third kappa shape index (κ3) is 16.6. The molecule has 4 saturated carbocycles. The number of carbonyl (C=O) groups excluding carboxylic acids is 6. The van der Waals surface area contributed by atoms with Crippen LogP contribution in [0.5, 0.6) is 11.5 Å². The van der Waals surface area contributed by atoms with Crippen LogP contribution in [0.15, 0.2) is 127 Å². The first-order valence-electron chi connectivity index (χ1n) is 34.3. The van der Waals surface area contributed by atoms with Gasteiger partial charge in [0, 0.05) is 0 Å². The highest BCUT2D eigenvalue weighted by atomic mass is 35.5. The van der Waals surface area contributed by atoms with Crippen LogP contribution in [0.3, 0.4) is 0 Å². The first-order valence-corrected chi connectivity index (χ1v) is 35.1. The van der Waals surface area contributed by atoms with Gasteiger partial charge in [0.2, 0.25) is 0 Å². The van der Waals surface area contributed by atoms with E-state index in [1.54, 1.807) is 121 Å². The summed E-state index contributed by atoms with van der Waals surface area (Å²) in [7, 11) is 5.17. The fraction of sp³-hybridized carbons (Fsp3) is 0.457. The molecule has 4 aliphatic rings. The first-order chi connectivity index (χ1) is 46.6. The summed E-state index contributed by atoms with van der Waals surface area (Å²) in [4.78, 5) is 80.1. The van der Waals surface area contributed by atoms with Crippen LogP contribution in [0, 0.1) is 58.2 Å². The Morgan fingerprint density at radius 2 is 0.938 bits per heavy atom. The molecule has 4 aliphatic carbocycles. The number of fused-ring (bicyclic) bond motifs is 5. The average Bonchev–Trinajstić information content (AvgIpc) is 1.69. The molecule has 6 aromatic rings. The molecule has 16 heteroatoms. The minimum absolute atomic E-state index is 0.00195. The molecule has 0 saturated heterocycles. The molecule has 9 atom stereocenters. The van der Waals surface area contributed by atoms with Crippen molar-refractivity contribution in [3.63, 3.8) is 0 Å². The highest BCUT2D eigenvalue weighted by Gasteiger charge is 2.60. The number of halogens is 2. The van der Waals surface area contributed by atoms with Gasteiger partial charge in [0.25, 0.3) is 0 Å². The van der Waals surface area contributed by atoms with Crippen molar-refractivity contribution in [2.45, 2.75) is 151 Å². The Labute approximate surface area is 581 Å². The summed E-state index contributed by atoms with van der Waals surface area (Å²) in [5, 5.41) is 0.103. The van der Waals surface area contributed by atoms with Crippen molar-refractivity contribution in [3.05, 3.63) is 204 Å². The maximum absolute atomic E-state index is 14.9. The molecule has 0 aliphatic heterocycles. The molecule has 0 amide bonds. The zero-order valence-electron chi connectivity index (χ0n) is 57.4. The van der Waals surface area contributed by atoms with Gasteiger partial charge >= 0.3 is 35.8 Å². The van der Waals surface area contributed by atoms with Crippen molar-refractivity contribution in [1.29, 1.82) is 0 Å². The topological polar surface area (TPSA) is 176 Å². The summed E-state index contributed by atoms with van der Waals surface area (Å²) in [6.07, 6.45) is 19.1. The van der Waals surface area contributed by atoms with E-state index in [9.17, 15) is 28.8 Å². The number of rotatable bonds is 26. The van der Waals surface area contributed by atoms with Crippen molar-refractivity contribution >= 4 is 64.6 Å². The van der Waals surface area contributed by atoms with Gasteiger partial charge < -0.3 is 37.9 Å². The standard InChI is InChI=1S/C81H92Cl2O14/c1-49(2)16-10-17-50(3)67-30-31-68-64-29-28-62-40-51(32-34-80(62,4)69(64)33-35-81(67,68)5)18-15-27-63(60-41-65(78(88)96-47-54-21-13-25-58(38-54)76(86)92-8)72(70(82)43-60)94-45-52-19-11-23-56(36-52)74(84)90-6)61-42-66(79(89)97-48-55-22-14-26-59(39-55)77(87)93-9)73(71(83)44-61)95-46-53-20-12-24-57(37-53)75(85)91-7/h11-14,19-27,36-39,41-44,49-51,62,64,67-69H,10,15-18,28-35,40,45-48H2,1-9H3/t50-,51?,62?,64+,67-,68+,69+,80+,81-/m1/s1. The molecule has 0 bridgehead atoms. The van der Waals surface area contributed by atoms with Gasteiger partial charge in [0.1, 0.15) is 37.6 Å². The molecule has 0 N–H and O–H groups in total. The quantitative estimate of drug-likeness (QED) is 0.0370. The molecular formula is C81H92Cl2O14. The van der Waals surface area contributed by atoms with E-state index in [-0.39, 0.29) is 70.2 Å². The number of benzene rings is 6. The van der Waals surface area contributed by atoms with E-state index in [4.69, 9.17) is 61.1 Å². The van der Waals surface area contributed by atoms with Crippen molar-refractivity contribution in [2.24, 2.45) is 58.2 Å². The number of esters is 6. The zero-order valence-corrected chi connectivity index (χ0v) is 59.0. The Balaban J connectivity index is 1.00. The Hall–Kier alpha value is -7.94. The van der Waals surface area contributed by atoms with Crippen LogP contribution >= 0.6 is 23.2 Å². The Bertz CT molecular complexity index is 3700. The first kappa shape index (κ1) is 71.8. The maximum Gasteiger partial charge on any atom is 0.342 e. The van der Waals surface area contributed by atoms with E-state index >= 15 is 0 Å². The number of hydrogen-bond acceptors (Lipinski definition) is 14. The summed E-state index contributed by atoms with van der Waals surface area (Å²) < 4.78 is 44.9. The summed E-state index contributed by atoms with van der Waals surface area (Å²) in [5.41, 5.74) is 5.50. The lowest BCUT2D eigenvalue weighted by Gasteiger charge is -2.61. The zero-order chi connectivity index (χ0) is 69.1. The molecule has 14 nitrogen and oxygen atoms in total. The molecule has 514 valence electrons. The van der Waals surface area contributed by atoms with Gasteiger partial charge in [0.05, 0.1) is 60.7 Å². The smallest absolute Gasteiger partial charge is 0.342 e. The predicted molar refractivity (Wildman–Crippen MR) is 374 cm³/mol. The van der Waals surface area contributed by atoms with E-state index in [0.29, 0.717) is 79.2 Å². The summed E-state index contributed by atoms with van der Waals surface area (Å²) in [6.45, 7) is 11.9. The predicted octanol–water partition coefficient (Wildman–Crippen LogP) is 19.0. The highest BCUT2D eigenvalue weighted by molar-refractivity contribution is 6.33. The Kier molecular flexibility index (Phi) is 23.8. The number of hydrogen-bond donors (Lipinski definition) is 0. The largest absolute Gasteiger partial charge is 0.486 e. The lowest BCUT2D eigenvalue weighted by Crippen LogP contribution is -2.53. The van der Waals surface area contributed by atoms with Gasteiger partial charge in [-0.2, -0.15) is 0 Å². The van der Waals surface area contributed by atoms with Crippen LogP contribution < -0.4 is 9.47 Å². The van der Waals surface area contributed by atoms with E-state index in [1.165, 1.54) is 92.6 Å². The second kappa shape index (κ2) is 32.2. The number of allylic oxidation sites excluding steroid dienone is 1. The van der Waals surface area contributed by atoms with Crippen LogP contribution in [-0.4, -0.2) is 64.3 Å². The lowest BCUT2D eigenvalue weighted by atomic mass is 9.44. The molecule has 0 heterocycles. The number of methoxy groups -OCH3 is 4. The van der Waals surface area contributed by atoms with Crippen molar-refractivity contribution < 1.29 is 66.7 Å². The molecule has 0 radical (unpaired) electrons. The van der Waals surface area contributed by atoms with Crippen LogP contribution in [-0.2, 0) is 54.8 Å². The van der Waals surface area contributed by atoms with Crippen molar-refractivity contribution in [3.8, 4) is 11.5 Å². The molecular weight excluding hydrogens is 1270 g/mol. The van der Waals surface area contributed by atoms with Gasteiger partial charge in [-0.15, -0.1) is 0 Å². The Morgan fingerprint density at radius 1 is 0.495 bits per heavy atom. The minimum atomic E-state index is -0.801. The number of carbonyl (C=O) groups is 6. The third-order valence-corrected chi connectivity index (χ3v) is 22.5. The summed E-state index contributed by atoms with van der Waals surface area (Å²) in [5.74, 6) is 1.98. The van der Waals surface area contributed by atoms with Gasteiger partial charge in [-0.1, -0.05) is 132 Å². The summed E-state index contributed by atoms with van der Waals surface area (Å²) >= 11 is 14.8. The SMILES string of the molecule is COC(=O)c1cccc(COC(=O)c2cc(C(=CCCC3CC[C@@]4(C)C(CC[C@H]5[C@@H]6CC[C@H]([C@H](C)CCCC(C)C)[C@@]6(C)CC[C@@H]54)C3)c3cc(Cl)c(OCc4cccc(C(=O)OC)c4)c(C(=O)OCc4cccc(C(=O)OC)c4)c3)cc(Cl)c2OCc2cccc(C(=O)OC)c2)c1. The fourth-order valence-corrected chi connectivity index (χ4v) is 17.5. The second-order valence-corrected chi connectivity index (χ2v) is 29.0. The highest BCUT2D eigenvalue weighted by Crippen LogP contribution is 2.69. The molecule has 2 unspecified atom stereocenters. The van der Waals surface area contributed by atoms with Crippen LogP contribution in [0.25, 0.3) is 5.57 Å². The van der Waals surface area contributed by atoms with Gasteiger partial charge in [0.15, 0.2) is 11.5 Å². The second-order valence-electron chi connectivity index (χ2n) is 28.2. The number of ether oxygens (including phenoxy) is 8. The summed E-state index contributed by atoms with van der Waals surface area (Å²) in [6, 6.07) is 33.2. The molecule has 10 rings (SSSR count). The van der Waals surface area contributed by atoms with Gasteiger partial charge in [-0.25, -0.2) is 28.8 Å². The van der Waals surface area contributed by atoms with E-state index < -0.39 is 35.8 Å². The van der Waals surface area contributed by atoms with E-state index in [0.717, 1.165) is 54.8 Å². The minimum Gasteiger partial charge on any atom is -0.486 e. The Morgan fingerprint density at radius 3 is 1.39 bits per heavy atom. The maximum atomic E-state index is 14.9. The molecule has 4 fully saturated rings. The molecule has 6 aromatic carbocycles. The van der Waals surface area contributed by atoms with Gasteiger partial charge in [-0.05, 0) is 241 Å². The normalized spacial score (nSPS) is 21.9. The third-order valence-electron chi connectivity index (χ3n) is 21.9. The monoisotopic (exact) mass is 1360 g/mol. The lowest BCUT2D eigenvalue weighted by molar-refractivity contribution is -0.121. The van der Waals surface area contributed by atoms with Crippen molar-refractivity contribution in [1.82, 2.24) is 0 Å². The molecule has 97 heavy (non-hydrogen) atoms. The van der Waals surface area contributed by atoms with Crippen molar-refractivity contribution in [2.75, 3.05) is 28.4 Å². The average molecular weight is 1360 g/mol. The van der Waals surface area contributed by atoms with E-state index in [2.05, 4.69) is 40.7 Å². The van der Waals surface area contributed by atoms with E-state index in [1.807, 2.05) is 0 Å². The van der Waals surface area contributed by atoms with Crippen LogP contribution in [0.2, 0.25) is 10.0 Å². The van der Waals surface area contributed by atoms with Gasteiger partial charge in [-0.3, -0.25) is 0 Å². The molecule has 0 spiro atoms. The fourth-order valence-electron chi connectivity index (χ4n) is 17.0. The molecule has 0 aromatic heterocycles. The van der Waals surface area contributed by atoms with Crippen LogP contribution in [0.1, 0.15) is 220 Å².